The number of nitrogens with zero attached hydrogens (tertiary/aromatic N) is 3. The van der Waals surface area contributed by atoms with Gasteiger partial charge in [0.1, 0.15) is 4.90 Å². The van der Waals surface area contributed by atoms with E-state index in [4.69, 9.17) is 5.11 Å². The SMILES string of the molecule is CCN(c1cccc(C)c1)S(=O)(=O)c1cnn(CCO)c1. The van der Waals surface area contributed by atoms with Gasteiger partial charge in [-0.3, -0.25) is 8.99 Å². The quantitative estimate of drug-likeness (QED) is 0.875. The average Bonchev–Trinajstić information content (AvgIpc) is 2.89. The minimum atomic E-state index is -3.65. The maximum atomic E-state index is 12.7. The van der Waals surface area contributed by atoms with Gasteiger partial charge in [-0.05, 0) is 31.5 Å². The summed E-state index contributed by atoms with van der Waals surface area (Å²) in [5.74, 6) is 0. The van der Waals surface area contributed by atoms with Crippen molar-refractivity contribution in [2.45, 2.75) is 25.3 Å². The molecule has 21 heavy (non-hydrogen) atoms. The summed E-state index contributed by atoms with van der Waals surface area (Å²) in [4.78, 5) is 0.124. The van der Waals surface area contributed by atoms with Crippen molar-refractivity contribution in [2.75, 3.05) is 17.5 Å². The van der Waals surface area contributed by atoms with Crippen molar-refractivity contribution < 1.29 is 13.5 Å². The summed E-state index contributed by atoms with van der Waals surface area (Å²) in [5, 5.41) is 12.8. The van der Waals surface area contributed by atoms with Crippen LogP contribution in [0.2, 0.25) is 0 Å². The van der Waals surface area contributed by atoms with Crippen LogP contribution in [0, 0.1) is 6.92 Å². The molecule has 1 aromatic heterocycles. The molecule has 2 aromatic rings. The van der Waals surface area contributed by atoms with Gasteiger partial charge in [0.2, 0.25) is 0 Å². The first-order chi connectivity index (χ1) is 9.98. The van der Waals surface area contributed by atoms with Crippen molar-refractivity contribution in [3.8, 4) is 0 Å². The van der Waals surface area contributed by atoms with Crippen LogP contribution in [0.1, 0.15) is 12.5 Å². The minimum Gasteiger partial charge on any atom is -0.394 e. The molecule has 0 unspecified atom stereocenters. The number of aliphatic hydroxyl groups excluding tert-OH is 1. The Morgan fingerprint density at radius 2 is 2.14 bits per heavy atom. The number of aromatic nitrogens is 2. The van der Waals surface area contributed by atoms with Crippen molar-refractivity contribution >= 4 is 15.7 Å². The Bertz CT molecular complexity index is 710. The van der Waals surface area contributed by atoms with E-state index in [1.165, 1.54) is 21.4 Å². The molecule has 1 N–H and O–H groups in total. The lowest BCUT2D eigenvalue weighted by Gasteiger charge is -2.22. The molecule has 0 fully saturated rings. The Hall–Kier alpha value is -1.86. The van der Waals surface area contributed by atoms with Crippen LogP contribution in [0.5, 0.6) is 0 Å². The zero-order chi connectivity index (χ0) is 15.5. The summed E-state index contributed by atoms with van der Waals surface area (Å²) in [7, 11) is -3.65. The van der Waals surface area contributed by atoms with Crippen molar-refractivity contribution in [1.29, 1.82) is 0 Å². The van der Waals surface area contributed by atoms with Gasteiger partial charge in [-0.1, -0.05) is 12.1 Å². The summed E-state index contributed by atoms with van der Waals surface area (Å²) >= 11 is 0. The minimum absolute atomic E-state index is 0.0868. The smallest absolute Gasteiger partial charge is 0.267 e. The van der Waals surface area contributed by atoms with Gasteiger partial charge in [0.05, 0.1) is 25.0 Å². The largest absolute Gasteiger partial charge is 0.394 e. The highest BCUT2D eigenvalue weighted by Gasteiger charge is 2.25. The third kappa shape index (κ3) is 3.25. The second-order valence-electron chi connectivity index (χ2n) is 4.67. The molecule has 1 heterocycles. The molecular formula is C14H19N3O3S. The third-order valence-electron chi connectivity index (χ3n) is 3.10. The standard InChI is InChI=1S/C14H19N3O3S/c1-3-17(13-6-4-5-12(2)9-13)21(19,20)14-10-15-16(11-14)7-8-18/h4-6,9-11,18H,3,7-8H2,1-2H3. The molecule has 0 bridgehead atoms. The number of hydrogen-bond donors (Lipinski definition) is 1. The number of anilines is 1. The fraction of sp³-hybridized carbons (Fsp3) is 0.357. The van der Waals surface area contributed by atoms with E-state index < -0.39 is 10.0 Å². The first-order valence-electron chi connectivity index (χ1n) is 6.71. The van der Waals surface area contributed by atoms with Crippen LogP contribution in [0.15, 0.2) is 41.6 Å². The van der Waals surface area contributed by atoms with Crippen LogP contribution in [0.3, 0.4) is 0 Å². The second-order valence-corrected chi connectivity index (χ2v) is 6.53. The Morgan fingerprint density at radius 1 is 1.38 bits per heavy atom. The van der Waals surface area contributed by atoms with Crippen molar-refractivity contribution in [2.24, 2.45) is 0 Å². The first kappa shape index (κ1) is 15.5. The number of benzene rings is 1. The maximum Gasteiger partial charge on any atom is 0.267 e. The van der Waals surface area contributed by atoms with E-state index >= 15 is 0 Å². The highest BCUT2D eigenvalue weighted by molar-refractivity contribution is 7.92. The molecule has 0 spiro atoms. The van der Waals surface area contributed by atoms with Crippen molar-refractivity contribution in [1.82, 2.24) is 9.78 Å². The van der Waals surface area contributed by atoms with E-state index in [9.17, 15) is 8.42 Å². The summed E-state index contributed by atoms with van der Waals surface area (Å²) in [6, 6.07) is 7.35. The fourth-order valence-electron chi connectivity index (χ4n) is 2.10. The van der Waals surface area contributed by atoms with Gasteiger partial charge in [0, 0.05) is 12.7 Å². The molecule has 2 rings (SSSR count). The third-order valence-corrected chi connectivity index (χ3v) is 4.96. The fourth-order valence-corrected chi connectivity index (χ4v) is 3.52. The van der Waals surface area contributed by atoms with Gasteiger partial charge in [0.25, 0.3) is 10.0 Å². The summed E-state index contributed by atoms with van der Waals surface area (Å²) in [5.41, 5.74) is 1.63. The second kappa shape index (κ2) is 6.28. The highest BCUT2D eigenvalue weighted by Crippen LogP contribution is 2.23. The van der Waals surface area contributed by atoms with Gasteiger partial charge < -0.3 is 5.11 Å². The number of aryl methyl sites for hydroxylation is 1. The molecule has 0 aliphatic rings. The normalized spacial score (nSPS) is 11.6. The maximum absolute atomic E-state index is 12.7. The predicted octanol–water partition coefficient (Wildman–Crippen LogP) is 1.40. The molecule has 0 aliphatic heterocycles. The zero-order valence-corrected chi connectivity index (χ0v) is 12.9. The van der Waals surface area contributed by atoms with Crippen LogP contribution in [-0.4, -0.2) is 36.5 Å². The van der Waals surface area contributed by atoms with E-state index in [-0.39, 0.29) is 18.0 Å². The zero-order valence-electron chi connectivity index (χ0n) is 12.1. The van der Waals surface area contributed by atoms with Crippen LogP contribution in [-0.2, 0) is 16.6 Å². The van der Waals surface area contributed by atoms with E-state index in [1.807, 2.05) is 25.1 Å². The van der Waals surface area contributed by atoms with Crippen molar-refractivity contribution in [3.63, 3.8) is 0 Å². The van der Waals surface area contributed by atoms with E-state index in [2.05, 4.69) is 5.10 Å². The average molecular weight is 309 g/mol. The predicted molar refractivity (Wildman–Crippen MR) is 80.7 cm³/mol. The lowest BCUT2D eigenvalue weighted by Crippen LogP contribution is -2.30. The lowest BCUT2D eigenvalue weighted by atomic mass is 10.2. The number of aliphatic hydroxyl groups is 1. The molecule has 0 amide bonds. The van der Waals surface area contributed by atoms with Gasteiger partial charge in [-0.2, -0.15) is 5.10 Å². The highest BCUT2D eigenvalue weighted by atomic mass is 32.2. The summed E-state index contributed by atoms with van der Waals surface area (Å²) in [6.07, 6.45) is 2.74. The molecule has 0 atom stereocenters. The summed E-state index contributed by atoms with van der Waals surface area (Å²) in [6.45, 7) is 4.22. The number of hydrogen-bond acceptors (Lipinski definition) is 4. The monoisotopic (exact) mass is 309 g/mol. The van der Waals surface area contributed by atoms with E-state index in [0.717, 1.165) is 5.56 Å². The van der Waals surface area contributed by atoms with Crippen LogP contribution in [0.25, 0.3) is 0 Å². The molecule has 0 saturated carbocycles. The van der Waals surface area contributed by atoms with Gasteiger partial charge >= 0.3 is 0 Å². The molecule has 7 heteroatoms. The summed E-state index contributed by atoms with van der Waals surface area (Å²) < 4.78 is 28.2. The number of sulfonamides is 1. The molecule has 0 radical (unpaired) electrons. The molecule has 6 nitrogen and oxygen atoms in total. The Labute approximate surface area is 124 Å². The Morgan fingerprint density at radius 3 is 2.76 bits per heavy atom. The van der Waals surface area contributed by atoms with Crippen LogP contribution in [0.4, 0.5) is 5.69 Å². The number of rotatable bonds is 6. The van der Waals surface area contributed by atoms with Gasteiger partial charge in [-0.25, -0.2) is 8.42 Å². The van der Waals surface area contributed by atoms with Crippen molar-refractivity contribution in [3.05, 3.63) is 42.2 Å². The Kier molecular flexibility index (Phi) is 4.64. The van der Waals surface area contributed by atoms with Gasteiger partial charge in [-0.15, -0.1) is 0 Å². The lowest BCUT2D eigenvalue weighted by molar-refractivity contribution is 0.269. The topological polar surface area (TPSA) is 75.4 Å². The molecule has 1 aromatic carbocycles. The van der Waals surface area contributed by atoms with Crippen LogP contribution < -0.4 is 4.31 Å². The first-order valence-corrected chi connectivity index (χ1v) is 8.15. The van der Waals surface area contributed by atoms with Crippen LogP contribution >= 0.6 is 0 Å². The molecule has 0 saturated heterocycles. The van der Waals surface area contributed by atoms with Gasteiger partial charge in [0.15, 0.2) is 0 Å². The Balaban J connectivity index is 2.39. The van der Waals surface area contributed by atoms with E-state index in [1.54, 1.807) is 13.0 Å². The molecular weight excluding hydrogens is 290 g/mol. The molecule has 0 aliphatic carbocycles. The van der Waals surface area contributed by atoms with E-state index in [0.29, 0.717) is 12.2 Å². The molecule has 114 valence electrons.